The Hall–Kier alpha value is -1.86. The van der Waals surface area contributed by atoms with E-state index in [1.807, 2.05) is 32.0 Å². The molecule has 7 heteroatoms. The number of thiophene rings is 1. The first kappa shape index (κ1) is 21.4. The van der Waals surface area contributed by atoms with Crippen molar-refractivity contribution in [2.45, 2.75) is 46.5 Å². The summed E-state index contributed by atoms with van der Waals surface area (Å²) < 4.78 is 6.44. The lowest BCUT2D eigenvalue weighted by molar-refractivity contribution is -0.118. The number of amides is 2. The Labute approximate surface area is 172 Å². The van der Waals surface area contributed by atoms with Gasteiger partial charge in [0.25, 0.3) is 11.8 Å². The summed E-state index contributed by atoms with van der Waals surface area (Å²) in [5.41, 5.74) is 7.99. The van der Waals surface area contributed by atoms with Crippen LogP contribution in [0.4, 0.5) is 5.00 Å². The van der Waals surface area contributed by atoms with Gasteiger partial charge in [-0.05, 0) is 64.9 Å². The van der Waals surface area contributed by atoms with Gasteiger partial charge in [0.1, 0.15) is 10.8 Å². The van der Waals surface area contributed by atoms with Crippen molar-refractivity contribution in [3.05, 3.63) is 44.2 Å². The third-order valence-electron chi connectivity index (χ3n) is 4.56. The molecule has 5 nitrogen and oxygen atoms in total. The van der Waals surface area contributed by atoms with Gasteiger partial charge in [-0.1, -0.05) is 26.8 Å². The van der Waals surface area contributed by atoms with Crippen LogP contribution in [0.2, 0.25) is 0 Å². The van der Waals surface area contributed by atoms with E-state index in [0.717, 1.165) is 21.3 Å². The van der Waals surface area contributed by atoms with Crippen LogP contribution >= 0.6 is 27.3 Å². The fourth-order valence-electron chi connectivity index (χ4n) is 2.84. The molecule has 0 saturated heterocycles. The van der Waals surface area contributed by atoms with Gasteiger partial charge in [-0.15, -0.1) is 11.3 Å². The van der Waals surface area contributed by atoms with E-state index in [4.69, 9.17) is 10.5 Å². The third-order valence-corrected chi connectivity index (χ3v) is 6.24. The minimum atomic E-state index is -0.532. The molecule has 0 aliphatic carbocycles. The van der Waals surface area contributed by atoms with Crippen LogP contribution in [0, 0.1) is 6.92 Å². The number of rotatable bonds is 8. The molecule has 0 bridgehead atoms. The Morgan fingerprint density at radius 1 is 1.33 bits per heavy atom. The summed E-state index contributed by atoms with van der Waals surface area (Å²) in [7, 11) is 0. The molecule has 1 aromatic carbocycles. The molecule has 1 aromatic heterocycles. The van der Waals surface area contributed by atoms with Gasteiger partial charge in [0.2, 0.25) is 0 Å². The van der Waals surface area contributed by atoms with Crippen LogP contribution in [-0.4, -0.2) is 18.4 Å². The SMILES string of the molecule is CCc1c(C)sc(NC(=O)COc2ccc(C(C)CC)cc2Br)c1C(N)=O. The predicted molar refractivity (Wildman–Crippen MR) is 114 cm³/mol. The number of carbonyl (C=O) groups is 2. The largest absolute Gasteiger partial charge is 0.483 e. The highest BCUT2D eigenvalue weighted by molar-refractivity contribution is 9.10. The third kappa shape index (κ3) is 5.11. The van der Waals surface area contributed by atoms with Gasteiger partial charge in [0.15, 0.2) is 6.61 Å². The van der Waals surface area contributed by atoms with E-state index in [9.17, 15) is 9.59 Å². The van der Waals surface area contributed by atoms with Crippen molar-refractivity contribution in [3.8, 4) is 5.75 Å². The van der Waals surface area contributed by atoms with Gasteiger partial charge in [0, 0.05) is 4.88 Å². The summed E-state index contributed by atoms with van der Waals surface area (Å²) in [6, 6.07) is 5.88. The quantitative estimate of drug-likeness (QED) is 0.590. The zero-order valence-corrected chi connectivity index (χ0v) is 18.4. The van der Waals surface area contributed by atoms with E-state index in [0.29, 0.717) is 28.7 Å². The maximum absolute atomic E-state index is 12.3. The van der Waals surface area contributed by atoms with Gasteiger partial charge in [-0.2, -0.15) is 0 Å². The molecule has 2 amide bonds. The maximum atomic E-state index is 12.3. The van der Waals surface area contributed by atoms with Crippen LogP contribution in [0.25, 0.3) is 0 Å². The van der Waals surface area contributed by atoms with E-state index in [1.165, 1.54) is 16.9 Å². The molecule has 1 heterocycles. The number of ether oxygens (including phenoxy) is 1. The van der Waals surface area contributed by atoms with Crippen molar-refractivity contribution >= 4 is 44.1 Å². The second-order valence-corrected chi connectivity index (χ2v) is 8.47. The molecule has 0 radical (unpaired) electrons. The zero-order chi connectivity index (χ0) is 20.1. The number of halogens is 1. The molecule has 2 aromatic rings. The highest BCUT2D eigenvalue weighted by atomic mass is 79.9. The van der Waals surface area contributed by atoms with E-state index < -0.39 is 5.91 Å². The second-order valence-electron chi connectivity index (χ2n) is 6.39. The van der Waals surface area contributed by atoms with Gasteiger partial charge < -0.3 is 15.8 Å². The van der Waals surface area contributed by atoms with E-state index in [2.05, 4.69) is 35.1 Å². The fraction of sp³-hybridized carbons (Fsp3) is 0.400. The van der Waals surface area contributed by atoms with Crippen molar-refractivity contribution in [3.63, 3.8) is 0 Å². The summed E-state index contributed by atoms with van der Waals surface area (Å²) in [6.45, 7) is 8.02. The lowest BCUT2D eigenvalue weighted by Crippen LogP contribution is -2.22. The van der Waals surface area contributed by atoms with E-state index in [-0.39, 0.29) is 12.5 Å². The minimum absolute atomic E-state index is 0.155. The van der Waals surface area contributed by atoms with Crippen molar-refractivity contribution in [1.82, 2.24) is 0 Å². The topological polar surface area (TPSA) is 81.4 Å². The second kappa shape index (κ2) is 9.37. The zero-order valence-electron chi connectivity index (χ0n) is 16.0. The average molecular weight is 453 g/mol. The smallest absolute Gasteiger partial charge is 0.262 e. The Morgan fingerprint density at radius 2 is 2.04 bits per heavy atom. The van der Waals surface area contributed by atoms with Gasteiger partial charge >= 0.3 is 0 Å². The van der Waals surface area contributed by atoms with Crippen LogP contribution in [0.3, 0.4) is 0 Å². The van der Waals surface area contributed by atoms with Crippen LogP contribution < -0.4 is 15.8 Å². The molecule has 0 aliphatic heterocycles. The maximum Gasteiger partial charge on any atom is 0.262 e. The summed E-state index contributed by atoms with van der Waals surface area (Å²) in [5.74, 6) is 0.194. The number of benzene rings is 1. The van der Waals surface area contributed by atoms with Crippen LogP contribution in [0.1, 0.15) is 59.5 Å². The number of anilines is 1. The number of hydrogen-bond donors (Lipinski definition) is 2. The van der Waals surface area contributed by atoms with Gasteiger partial charge in [-0.3, -0.25) is 9.59 Å². The number of nitrogens with two attached hydrogens (primary N) is 1. The minimum Gasteiger partial charge on any atom is -0.483 e. The summed E-state index contributed by atoms with van der Waals surface area (Å²) in [6.07, 6.45) is 1.74. The van der Waals surface area contributed by atoms with Gasteiger partial charge in [0.05, 0.1) is 10.0 Å². The number of primary amides is 1. The number of hydrogen-bond acceptors (Lipinski definition) is 4. The molecule has 2 rings (SSSR count). The Bertz CT molecular complexity index is 848. The summed E-state index contributed by atoms with van der Waals surface area (Å²) in [5, 5.41) is 3.24. The molecule has 0 aliphatic rings. The lowest BCUT2D eigenvalue weighted by atomic mass is 9.99. The van der Waals surface area contributed by atoms with Crippen molar-refractivity contribution in [2.75, 3.05) is 11.9 Å². The first-order valence-corrected chi connectivity index (χ1v) is 10.5. The predicted octanol–water partition coefficient (Wildman–Crippen LogP) is 5.01. The van der Waals surface area contributed by atoms with E-state index in [1.54, 1.807) is 0 Å². The van der Waals surface area contributed by atoms with Crippen LogP contribution in [0.15, 0.2) is 22.7 Å². The van der Waals surface area contributed by atoms with Crippen LogP contribution in [-0.2, 0) is 11.2 Å². The van der Waals surface area contributed by atoms with E-state index >= 15 is 0 Å². The monoisotopic (exact) mass is 452 g/mol. The molecule has 0 spiro atoms. The fourth-order valence-corrected chi connectivity index (χ4v) is 4.51. The van der Waals surface area contributed by atoms with Crippen LogP contribution in [0.5, 0.6) is 5.75 Å². The Kier molecular flexibility index (Phi) is 7.44. The Morgan fingerprint density at radius 3 is 2.59 bits per heavy atom. The molecule has 0 fully saturated rings. The molecular formula is C20H25BrN2O3S. The first-order chi connectivity index (χ1) is 12.8. The molecule has 27 heavy (non-hydrogen) atoms. The molecule has 1 unspecified atom stereocenters. The van der Waals surface area contributed by atoms with Crippen molar-refractivity contribution in [1.29, 1.82) is 0 Å². The average Bonchev–Trinajstić information content (AvgIpc) is 2.94. The molecule has 3 N–H and O–H groups in total. The van der Waals surface area contributed by atoms with Gasteiger partial charge in [-0.25, -0.2) is 0 Å². The molecule has 0 saturated carbocycles. The lowest BCUT2D eigenvalue weighted by Gasteiger charge is -2.13. The normalized spacial score (nSPS) is 11.9. The summed E-state index contributed by atoms with van der Waals surface area (Å²) >= 11 is 4.86. The van der Waals surface area contributed by atoms with Crippen molar-refractivity contribution in [2.24, 2.45) is 5.73 Å². The molecule has 1 atom stereocenters. The molecular weight excluding hydrogens is 428 g/mol. The number of carbonyl (C=O) groups excluding carboxylic acids is 2. The number of nitrogens with one attached hydrogen (secondary N) is 1. The Balaban J connectivity index is 2.06. The van der Waals surface area contributed by atoms with Crippen molar-refractivity contribution < 1.29 is 14.3 Å². The highest BCUT2D eigenvalue weighted by Crippen LogP contribution is 2.33. The summed E-state index contributed by atoms with van der Waals surface area (Å²) in [4.78, 5) is 25.1. The first-order valence-electron chi connectivity index (χ1n) is 8.92. The highest BCUT2D eigenvalue weighted by Gasteiger charge is 2.20. The molecule has 146 valence electrons. The standard InChI is InChI=1S/C20H25BrN2O3S/c1-5-11(3)13-7-8-16(15(21)9-13)26-10-17(24)23-20-18(19(22)25)14(6-2)12(4)27-20/h7-9,11H,5-6,10H2,1-4H3,(H2,22,25)(H,23,24). The number of aryl methyl sites for hydroxylation is 1.